The van der Waals surface area contributed by atoms with E-state index in [0.717, 1.165) is 12.8 Å². The molecule has 54 valence electrons. The van der Waals surface area contributed by atoms with E-state index < -0.39 is 0 Å². The molecule has 9 heavy (non-hydrogen) atoms. The van der Waals surface area contributed by atoms with Gasteiger partial charge in [0.1, 0.15) is 0 Å². The van der Waals surface area contributed by atoms with E-state index in [2.05, 4.69) is 6.92 Å². The molecule has 0 bridgehead atoms. The van der Waals surface area contributed by atoms with Gasteiger partial charge in [0.25, 0.3) is 0 Å². The second kappa shape index (κ2) is 2.27. The highest BCUT2D eigenvalue weighted by molar-refractivity contribution is 5.00. The number of hydrogen-bond acceptors (Lipinski definition) is 2. The zero-order chi connectivity index (χ0) is 6.91. The van der Waals surface area contributed by atoms with Crippen molar-refractivity contribution in [3.63, 3.8) is 0 Å². The summed E-state index contributed by atoms with van der Waals surface area (Å²) in [6.07, 6.45) is 2.09. The lowest BCUT2D eigenvalue weighted by Gasteiger charge is -2.07. The van der Waals surface area contributed by atoms with Crippen LogP contribution in [0.5, 0.6) is 0 Å². The molecule has 2 N–H and O–H groups in total. The topological polar surface area (TPSA) is 40.5 Å². The Bertz CT molecular complexity index is 97.1. The lowest BCUT2D eigenvalue weighted by Crippen LogP contribution is -2.14. The van der Waals surface area contributed by atoms with Gasteiger partial charge in [-0.25, -0.2) is 0 Å². The second-order valence-electron chi connectivity index (χ2n) is 2.99. The van der Waals surface area contributed by atoms with Crippen LogP contribution in [0.25, 0.3) is 0 Å². The Kier molecular flexibility index (Phi) is 1.78. The summed E-state index contributed by atoms with van der Waals surface area (Å²) >= 11 is 0. The minimum absolute atomic E-state index is 0.0885. The molecule has 0 heterocycles. The van der Waals surface area contributed by atoms with Crippen molar-refractivity contribution in [2.75, 3.05) is 13.2 Å². The predicted molar refractivity (Wildman–Crippen MR) is 35.0 cm³/mol. The second-order valence-corrected chi connectivity index (χ2v) is 2.99. The first-order valence-corrected chi connectivity index (χ1v) is 3.51. The first-order chi connectivity index (χ1) is 4.29. The Morgan fingerprint density at radius 2 is 2.00 bits per heavy atom. The van der Waals surface area contributed by atoms with E-state index in [9.17, 15) is 0 Å². The molecular weight excluding hydrogens is 116 g/mol. The average molecular weight is 130 g/mol. The number of rotatable bonds is 3. The first kappa shape index (κ1) is 7.03. The van der Waals surface area contributed by atoms with Gasteiger partial charge in [-0.05, 0) is 12.3 Å². The molecule has 1 unspecified atom stereocenters. The number of hydrogen-bond donors (Lipinski definition) is 2. The summed E-state index contributed by atoms with van der Waals surface area (Å²) in [6.45, 7) is 2.40. The van der Waals surface area contributed by atoms with Crippen molar-refractivity contribution in [1.29, 1.82) is 0 Å². The maximum atomic E-state index is 8.80. The highest BCUT2D eigenvalue weighted by atomic mass is 16.3. The van der Waals surface area contributed by atoms with E-state index in [0.29, 0.717) is 5.92 Å². The fourth-order valence-corrected chi connectivity index (χ4v) is 1.45. The van der Waals surface area contributed by atoms with Crippen molar-refractivity contribution in [2.24, 2.45) is 11.3 Å². The molecule has 0 aromatic carbocycles. The van der Waals surface area contributed by atoms with Gasteiger partial charge in [0.15, 0.2) is 0 Å². The lowest BCUT2D eigenvalue weighted by atomic mass is 10.1. The number of aliphatic hydroxyl groups is 2. The molecule has 1 aliphatic rings. The quantitative estimate of drug-likeness (QED) is 0.580. The van der Waals surface area contributed by atoms with Crippen molar-refractivity contribution < 1.29 is 10.2 Å². The summed E-state index contributed by atoms with van der Waals surface area (Å²) in [5.41, 5.74) is -0.0885. The van der Waals surface area contributed by atoms with E-state index >= 15 is 0 Å². The summed E-state index contributed by atoms with van der Waals surface area (Å²) in [4.78, 5) is 0. The van der Waals surface area contributed by atoms with Crippen LogP contribution in [0, 0.1) is 11.3 Å². The van der Waals surface area contributed by atoms with Crippen LogP contribution in [0.15, 0.2) is 0 Å². The molecule has 0 radical (unpaired) electrons. The van der Waals surface area contributed by atoms with Gasteiger partial charge in [-0.2, -0.15) is 0 Å². The molecule has 2 heteroatoms. The van der Waals surface area contributed by atoms with Gasteiger partial charge in [-0.3, -0.25) is 0 Å². The number of aliphatic hydroxyl groups excluding tert-OH is 2. The van der Waals surface area contributed by atoms with Crippen molar-refractivity contribution in [3.05, 3.63) is 0 Å². The molecular formula is C7H14O2. The first-order valence-electron chi connectivity index (χ1n) is 3.51. The van der Waals surface area contributed by atoms with Crippen molar-refractivity contribution in [1.82, 2.24) is 0 Å². The molecule has 1 aliphatic carbocycles. The van der Waals surface area contributed by atoms with Gasteiger partial charge >= 0.3 is 0 Å². The third-order valence-corrected chi connectivity index (χ3v) is 2.48. The molecule has 1 saturated carbocycles. The monoisotopic (exact) mass is 130 g/mol. The van der Waals surface area contributed by atoms with Crippen LogP contribution in [0.4, 0.5) is 0 Å². The van der Waals surface area contributed by atoms with Crippen LogP contribution in [0.3, 0.4) is 0 Å². The highest BCUT2D eigenvalue weighted by Gasteiger charge is 2.51. The fourth-order valence-electron chi connectivity index (χ4n) is 1.45. The predicted octanol–water partition coefficient (Wildman–Crippen LogP) is 0.387. The molecule has 0 aliphatic heterocycles. The van der Waals surface area contributed by atoms with Crippen LogP contribution >= 0.6 is 0 Å². The maximum absolute atomic E-state index is 8.80. The molecule has 1 atom stereocenters. The highest BCUT2D eigenvalue weighted by Crippen LogP contribution is 2.53. The minimum atomic E-state index is -0.0885. The van der Waals surface area contributed by atoms with E-state index in [1.54, 1.807) is 0 Å². The zero-order valence-electron chi connectivity index (χ0n) is 5.80. The van der Waals surface area contributed by atoms with Gasteiger partial charge in [0.2, 0.25) is 0 Å². The van der Waals surface area contributed by atoms with Crippen LogP contribution in [0.1, 0.15) is 19.8 Å². The average Bonchev–Trinajstić information content (AvgIpc) is 2.63. The van der Waals surface area contributed by atoms with Gasteiger partial charge < -0.3 is 10.2 Å². The Hall–Kier alpha value is -0.0800. The lowest BCUT2D eigenvalue weighted by molar-refractivity contribution is 0.121. The van der Waals surface area contributed by atoms with Gasteiger partial charge in [0, 0.05) is 5.41 Å². The van der Waals surface area contributed by atoms with Crippen LogP contribution in [-0.2, 0) is 0 Å². The molecule has 1 rings (SSSR count). The van der Waals surface area contributed by atoms with Crippen LogP contribution in [-0.4, -0.2) is 23.4 Å². The maximum Gasteiger partial charge on any atom is 0.0512 e. The molecule has 0 aromatic heterocycles. The molecule has 0 saturated heterocycles. The SMILES string of the molecule is CCC1CC1(CO)CO. The zero-order valence-corrected chi connectivity index (χ0v) is 5.80. The molecule has 2 nitrogen and oxygen atoms in total. The largest absolute Gasteiger partial charge is 0.396 e. The summed E-state index contributed by atoms with van der Waals surface area (Å²) in [7, 11) is 0. The Labute approximate surface area is 55.5 Å². The van der Waals surface area contributed by atoms with E-state index in [4.69, 9.17) is 10.2 Å². The molecule has 0 aromatic rings. The molecule has 1 fully saturated rings. The minimum Gasteiger partial charge on any atom is -0.396 e. The third kappa shape index (κ3) is 0.970. The smallest absolute Gasteiger partial charge is 0.0512 e. The third-order valence-electron chi connectivity index (χ3n) is 2.48. The van der Waals surface area contributed by atoms with Crippen molar-refractivity contribution in [2.45, 2.75) is 19.8 Å². The summed E-state index contributed by atoms with van der Waals surface area (Å²) < 4.78 is 0. The Balaban J connectivity index is 2.37. The van der Waals surface area contributed by atoms with Crippen LogP contribution < -0.4 is 0 Å². The Morgan fingerprint density at radius 3 is 2.11 bits per heavy atom. The van der Waals surface area contributed by atoms with Gasteiger partial charge in [-0.15, -0.1) is 0 Å². The van der Waals surface area contributed by atoms with Crippen molar-refractivity contribution in [3.8, 4) is 0 Å². The Morgan fingerprint density at radius 1 is 1.44 bits per heavy atom. The van der Waals surface area contributed by atoms with E-state index in [-0.39, 0.29) is 18.6 Å². The van der Waals surface area contributed by atoms with E-state index in [1.807, 2.05) is 0 Å². The molecule has 0 amide bonds. The normalized spacial score (nSPS) is 30.3. The van der Waals surface area contributed by atoms with Crippen molar-refractivity contribution >= 4 is 0 Å². The summed E-state index contributed by atoms with van der Waals surface area (Å²) in [5, 5.41) is 17.6. The van der Waals surface area contributed by atoms with Crippen LogP contribution in [0.2, 0.25) is 0 Å². The molecule has 0 spiro atoms. The fraction of sp³-hybridized carbons (Fsp3) is 1.00. The summed E-state index contributed by atoms with van der Waals surface area (Å²) in [5.74, 6) is 0.576. The summed E-state index contributed by atoms with van der Waals surface area (Å²) in [6, 6.07) is 0. The van der Waals surface area contributed by atoms with Gasteiger partial charge in [-0.1, -0.05) is 13.3 Å². The standard InChI is InChI=1S/C7H14O2/c1-2-6-3-7(6,4-8)5-9/h6,8-9H,2-5H2,1H3. The van der Waals surface area contributed by atoms with E-state index in [1.165, 1.54) is 0 Å². The van der Waals surface area contributed by atoms with Gasteiger partial charge in [0.05, 0.1) is 13.2 Å².